The van der Waals surface area contributed by atoms with Gasteiger partial charge >= 0.3 is 5.97 Å². The van der Waals surface area contributed by atoms with Crippen LogP contribution >= 0.6 is 0 Å². The number of rotatable bonds is 16. The van der Waals surface area contributed by atoms with Gasteiger partial charge in [0.25, 0.3) is 0 Å². The smallest absolute Gasteiger partial charge is 0.303 e. The monoisotopic (exact) mass is 749 g/mol. The van der Waals surface area contributed by atoms with Crippen LogP contribution in [0.25, 0.3) is 0 Å². The van der Waals surface area contributed by atoms with Crippen LogP contribution in [0.4, 0.5) is 0 Å². The van der Waals surface area contributed by atoms with Crippen molar-refractivity contribution in [3.8, 4) is 0 Å². The minimum Gasteiger partial charge on any atom is -0.511 e. The van der Waals surface area contributed by atoms with E-state index in [0.717, 1.165) is 104 Å². The number of nitrogens with one attached hydrogen (secondary N) is 2. The fourth-order valence-corrected chi connectivity index (χ4v) is 8.42. The number of hydrogen-bond donors (Lipinski definition) is 4. The molecule has 4 N–H and O–H groups in total. The van der Waals surface area contributed by atoms with Gasteiger partial charge in [-0.15, -0.1) is 0 Å². The summed E-state index contributed by atoms with van der Waals surface area (Å²) in [7, 11) is 0. The van der Waals surface area contributed by atoms with Gasteiger partial charge in [-0.1, -0.05) is 40.0 Å². The van der Waals surface area contributed by atoms with E-state index in [9.17, 15) is 19.5 Å². The summed E-state index contributed by atoms with van der Waals surface area (Å²) < 4.78 is 6.45. The van der Waals surface area contributed by atoms with Crippen molar-refractivity contribution in [2.24, 2.45) is 26.8 Å². The number of amides is 1. The highest BCUT2D eigenvalue weighted by atomic mass is 16.5. The summed E-state index contributed by atoms with van der Waals surface area (Å²) in [5.74, 6) is -1.53. The highest BCUT2D eigenvalue weighted by Crippen LogP contribution is 2.46. The first-order chi connectivity index (χ1) is 26.3. The Labute approximate surface area is 324 Å². The molecule has 0 aromatic heterocycles. The molecule has 55 heavy (non-hydrogen) atoms. The summed E-state index contributed by atoms with van der Waals surface area (Å²) >= 11 is 0. The van der Waals surface area contributed by atoms with Crippen molar-refractivity contribution in [3.63, 3.8) is 0 Å². The Balaban J connectivity index is 1.40. The fraction of sp³-hybridized carbons (Fsp3) is 0.500. The molecule has 8 bridgehead atoms. The Bertz CT molecular complexity index is 2040. The summed E-state index contributed by atoms with van der Waals surface area (Å²) in [6, 6.07) is 0. The van der Waals surface area contributed by atoms with Crippen molar-refractivity contribution in [1.82, 2.24) is 10.6 Å². The van der Waals surface area contributed by atoms with Crippen molar-refractivity contribution >= 4 is 34.8 Å². The number of ketones is 1. The van der Waals surface area contributed by atoms with Crippen LogP contribution in [-0.4, -0.2) is 64.3 Å². The third-order valence-electron chi connectivity index (χ3n) is 11.7. The van der Waals surface area contributed by atoms with E-state index < -0.39 is 5.97 Å². The van der Waals surface area contributed by atoms with Crippen LogP contribution in [0.15, 0.2) is 106 Å². The Morgan fingerprint density at radius 3 is 2.42 bits per heavy atom. The summed E-state index contributed by atoms with van der Waals surface area (Å²) in [4.78, 5) is 51.6. The SMILES string of the molecule is CCCCCCOC(C)C1=C(C)C2=NC1=CC1=NC(=CC3=C(C)C4=C(O)CC(=C5NC(=C2)[C@@H](C)[C@@H]5CCC(=O)NCC(=O)CCC(=O)O)C4=N3)C(CC)=C1C. The van der Waals surface area contributed by atoms with E-state index in [-0.39, 0.29) is 61.2 Å². The number of aliphatic imine (C=N–C) groups is 3. The van der Waals surface area contributed by atoms with Crippen molar-refractivity contribution in [2.75, 3.05) is 13.2 Å². The van der Waals surface area contributed by atoms with Crippen molar-refractivity contribution in [2.45, 2.75) is 119 Å². The second-order valence-electron chi connectivity index (χ2n) is 15.4. The van der Waals surface area contributed by atoms with Gasteiger partial charge in [0.1, 0.15) is 5.76 Å². The molecule has 0 spiro atoms. The number of unbranched alkanes of at least 4 members (excludes halogenated alkanes) is 3. The fourth-order valence-electron chi connectivity index (χ4n) is 8.42. The number of nitrogens with zero attached hydrogens (tertiary/aromatic N) is 3. The van der Waals surface area contributed by atoms with Gasteiger partial charge < -0.3 is 25.6 Å². The van der Waals surface area contributed by atoms with Crippen molar-refractivity contribution in [3.05, 3.63) is 91.5 Å². The molecule has 11 nitrogen and oxygen atoms in total. The van der Waals surface area contributed by atoms with Gasteiger partial charge in [-0.05, 0) is 87.5 Å². The summed E-state index contributed by atoms with van der Waals surface area (Å²) in [5, 5.41) is 26.7. The van der Waals surface area contributed by atoms with Gasteiger partial charge in [0, 0.05) is 65.8 Å². The van der Waals surface area contributed by atoms with Gasteiger partial charge in [0.2, 0.25) is 5.91 Å². The maximum absolute atomic E-state index is 13.0. The van der Waals surface area contributed by atoms with Crippen molar-refractivity contribution < 1.29 is 29.3 Å². The molecule has 6 rings (SSSR count). The molecule has 1 amide bonds. The lowest BCUT2D eigenvalue weighted by atomic mass is 9.86. The summed E-state index contributed by atoms with van der Waals surface area (Å²) in [6.45, 7) is 15.3. The Morgan fingerprint density at radius 2 is 1.69 bits per heavy atom. The van der Waals surface area contributed by atoms with Crippen LogP contribution in [0.1, 0.15) is 113 Å². The first-order valence-electron chi connectivity index (χ1n) is 19.9. The number of hydrogen-bond acceptors (Lipinski definition) is 9. The van der Waals surface area contributed by atoms with E-state index in [1.807, 2.05) is 13.0 Å². The number of ether oxygens (including phenoxy) is 1. The minimum atomic E-state index is -1.05. The molecule has 0 aromatic carbocycles. The normalized spacial score (nSPS) is 22.2. The second kappa shape index (κ2) is 16.9. The van der Waals surface area contributed by atoms with Crippen LogP contribution in [0, 0.1) is 11.8 Å². The van der Waals surface area contributed by atoms with Crippen LogP contribution in [0.2, 0.25) is 0 Å². The number of allylic oxidation sites excluding steroid dienone is 11. The molecule has 3 atom stereocenters. The Kier molecular flexibility index (Phi) is 12.2. The Morgan fingerprint density at radius 1 is 0.945 bits per heavy atom. The molecule has 292 valence electrons. The zero-order valence-corrected chi connectivity index (χ0v) is 33.3. The van der Waals surface area contributed by atoms with Crippen LogP contribution in [0.3, 0.4) is 0 Å². The molecule has 0 radical (unpaired) electrons. The molecule has 5 aliphatic heterocycles. The zero-order valence-electron chi connectivity index (χ0n) is 33.3. The van der Waals surface area contributed by atoms with E-state index in [1.54, 1.807) is 0 Å². The van der Waals surface area contributed by atoms with Gasteiger partial charge in [-0.3, -0.25) is 14.4 Å². The maximum Gasteiger partial charge on any atom is 0.303 e. The lowest BCUT2D eigenvalue weighted by Gasteiger charge is -2.18. The number of Topliss-reactive ketones (excluding diaryl/α,β-unsaturated/α-hetero) is 1. The number of carbonyl (C=O) groups excluding carboxylic acids is 2. The second-order valence-corrected chi connectivity index (χ2v) is 15.4. The van der Waals surface area contributed by atoms with E-state index in [2.05, 4.69) is 64.3 Å². The summed E-state index contributed by atoms with van der Waals surface area (Å²) in [6.07, 6.45) is 11.9. The first-order valence-corrected chi connectivity index (χ1v) is 19.9. The molecule has 6 aliphatic rings. The predicted molar refractivity (Wildman–Crippen MR) is 216 cm³/mol. The van der Waals surface area contributed by atoms with Gasteiger partial charge in [0.05, 0.1) is 53.3 Å². The standard InChI is InChI=1S/C44H55N5O6/c1-8-10-11-12-17-55-27(7)41-25(5)34-19-33-24(4)30(14-15-39(52)45-22-28(50)13-16-40(53)54)43(48-33)31-18-38(51)42-26(6)35(49-44(31)42)20-36-29(9-2)23(3)32(46-36)21-37(41)47-34/h19-21,24,27,30,48,51H,8-18,22H2,1-7H3,(H,45,52)(H,53,54)/t24-,27?,30-/m0/s1. The largest absolute Gasteiger partial charge is 0.511 e. The highest BCUT2D eigenvalue weighted by Gasteiger charge is 2.41. The molecular weight excluding hydrogens is 695 g/mol. The Hall–Kier alpha value is -4.90. The number of aliphatic hydroxyl groups excluding tert-OH is 1. The van der Waals surface area contributed by atoms with E-state index in [0.29, 0.717) is 19.4 Å². The minimum absolute atomic E-state index is 0.0380. The van der Waals surface area contributed by atoms with E-state index in [1.165, 1.54) is 12.8 Å². The van der Waals surface area contributed by atoms with Gasteiger partial charge in [-0.25, -0.2) is 15.0 Å². The zero-order chi connectivity index (χ0) is 39.6. The van der Waals surface area contributed by atoms with Crippen molar-refractivity contribution in [1.29, 1.82) is 0 Å². The molecular formula is C44H55N5O6. The van der Waals surface area contributed by atoms with Crippen LogP contribution < -0.4 is 10.6 Å². The average molecular weight is 750 g/mol. The van der Waals surface area contributed by atoms with Gasteiger partial charge in [-0.2, -0.15) is 0 Å². The average Bonchev–Trinajstić information content (AvgIpc) is 3.90. The highest BCUT2D eigenvalue weighted by molar-refractivity contribution is 6.21. The number of aliphatic carboxylic acids is 1. The molecule has 11 heteroatoms. The number of carboxylic acids is 1. The van der Waals surface area contributed by atoms with E-state index in [4.69, 9.17) is 24.8 Å². The van der Waals surface area contributed by atoms with Gasteiger partial charge in [0.15, 0.2) is 5.78 Å². The molecule has 1 saturated heterocycles. The third-order valence-corrected chi connectivity index (χ3v) is 11.7. The molecule has 1 unspecified atom stereocenters. The predicted octanol–water partition coefficient (Wildman–Crippen LogP) is 7.97. The quantitative estimate of drug-likeness (QED) is 0.116. The molecule has 5 heterocycles. The molecule has 0 saturated carbocycles. The maximum atomic E-state index is 13.0. The van der Waals surface area contributed by atoms with E-state index >= 15 is 0 Å². The number of fused-ring (bicyclic) bond motifs is 5. The molecule has 1 fully saturated rings. The third kappa shape index (κ3) is 8.22. The molecule has 0 aromatic rings. The van der Waals surface area contributed by atoms with Crippen LogP contribution in [-0.2, 0) is 19.1 Å². The lowest BCUT2D eigenvalue weighted by Crippen LogP contribution is -2.30. The number of carboxylic acid groups (broad SMARTS) is 1. The number of aliphatic hydroxyl groups is 1. The molecule has 1 aliphatic carbocycles. The van der Waals surface area contributed by atoms with Crippen LogP contribution in [0.5, 0.6) is 0 Å². The summed E-state index contributed by atoms with van der Waals surface area (Å²) in [5.41, 5.74) is 13.7. The number of carbonyl (C=O) groups is 3. The lowest BCUT2D eigenvalue weighted by molar-refractivity contribution is -0.138. The first kappa shape index (κ1) is 39.8. The topological polar surface area (TPSA) is 162 Å².